The van der Waals surface area contributed by atoms with Crippen molar-refractivity contribution in [2.45, 2.75) is 39.5 Å². The summed E-state index contributed by atoms with van der Waals surface area (Å²) in [5.41, 5.74) is 1.41. The number of rotatable bonds is 4. The normalized spacial score (nSPS) is 8.17. The standard InChI is InChI=1S/C8H16.CH2O3/c1-4-6-8(3)7-5-2;2-1(3)4/h3-7H2,1-2H3;(H2,2,3,4). The molecule has 0 amide bonds. The smallest absolute Gasteiger partial charge is 0.450 e. The molecule has 0 aromatic carbocycles. The van der Waals surface area contributed by atoms with E-state index < -0.39 is 6.16 Å². The molecule has 0 unspecified atom stereocenters. The van der Waals surface area contributed by atoms with Gasteiger partial charge in [-0.2, -0.15) is 0 Å². The molecule has 72 valence electrons. The SMILES string of the molecule is C=C(CCC)CCC.O=C(O)O. The predicted molar refractivity (Wildman–Crippen MR) is 49.6 cm³/mol. The van der Waals surface area contributed by atoms with Crippen LogP contribution < -0.4 is 0 Å². The van der Waals surface area contributed by atoms with E-state index in [1.807, 2.05) is 0 Å². The Kier molecular flexibility index (Phi) is 11.3. The Bertz CT molecular complexity index is 118. The van der Waals surface area contributed by atoms with E-state index in [-0.39, 0.29) is 0 Å². The Morgan fingerprint density at radius 1 is 1.17 bits per heavy atom. The zero-order chi connectivity index (χ0) is 9.98. The second kappa shape index (κ2) is 10.0. The first kappa shape index (κ1) is 13.6. The third kappa shape index (κ3) is 23.0. The lowest BCUT2D eigenvalue weighted by atomic mass is 10.1. The number of hydrogen-bond acceptors (Lipinski definition) is 1. The highest BCUT2D eigenvalue weighted by Gasteiger charge is 1.87. The molecule has 0 aliphatic heterocycles. The molecule has 0 rings (SSSR count). The summed E-state index contributed by atoms with van der Waals surface area (Å²) in [6, 6.07) is 0. The summed E-state index contributed by atoms with van der Waals surface area (Å²) in [6.07, 6.45) is 3.10. The topological polar surface area (TPSA) is 57.5 Å². The monoisotopic (exact) mass is 174 g/mol. The molecular weight excluding hydrogens is 156 g/mol. The van der Waals surface area contributed by atoms with Crippen molar-refractivity contribution < 1.29 is 15.0 Å². The molecule has 0 spiro atoms. The predicted octanol–water partition coefficient (Wildman–Crippen LogP) is 3.37. The first-order valence-electron chi connectivity index (χ1n) is 4.13. The lowest BCUT2D eigenvalue weighted by Gasteiger charge is -1.97. The van der Waals surface area contributed by atoms with Crippen LogP contribution in [0.1, 0.15) is 39.5 Å². The summed E-state index contributed by atoms with van der Waals surface area (Å²) in [4.78, 5) is 8.56. The van der Waals surface area contributed by atoms with E-state index in [1.165, 1.54) is 31.3 Å². The van der Waals surface area contributed by atoms with Crippen LogP contribution in [0.5, 0.6) is 0 Å². The highest BCUT2D eigenvalue weighted by atomic mass is 16.6. The van der Waals surface area contributed by atoms with Gasteiger partial charge in [-0.05, 0) is 12.8 Å². The number of allylic oxidation sites excluding steroid dienone is 1. The minimum Gasteiger partial charge on any atom is -0.450 e. The van der Waals surface area contributed by atoms with E-state index in [0.29, 0.717) is 0 Å². The molecule has 3 nitrogen and oxygen atoms in total. The van der Waals surface area contributed by atoms with Crippen LogP contribution in [0.15, 0.2) is 12.2 Å². The molecule has 0 saturated carbocycles. The number of hydrogen-bond donors (Lipinski definition) is 2. The van der Waals surface area contributed by atoms with E-state index in [9.17, 15) is 0 Å². The van der Waals surface area contributed by atoms with Gasteiger partial charge in [0.15, 0.2) is 0 Å². The first-order valence-corrected chi connectivity index (χ1v) is 4.13. The van der Waals surface area contributed by atoms with Gasteiger partial charge in [-0.1, -0.05) is 38.8 Å². The van der Waals surface area contributed by atoms with E-state index in [1.54, 1.807) is 0 Å². The van der Waals surface area contributed by atoms with Crippen LogP contribution >= 0.6 is 0 Å². The zero-order valence-corrected chi connectivity index (χ0v) is 7.84. The summed E-state index contributed by atoms with van der Waals surface area (Å²) in [5.74, 6) is 0. The van der Waals surface area contributed by atoms with Crippen LogP contribution in [0.3, 0.4) is 0 Å². The minimum atomic E-state index is -1.83. The summed E-state index contributed by atoms with van der Waals surface area (Å²) < 4.78 is 0. The molecule has 0 aromatic heterocycles. The molecule has 0 saturated heterocycles. The molecule has 0 heterocycles. The molecule has 12 heavy (non-hydrogen) atoms. The Balaban J connectivity index is 0. The highest BCUT2D eigenvalue weighted by Crippen LogP contribution is 2.07. The Morgan fingerprint density at radius 2 is 1.42 bits per heavy atom. The lowest BCUT2D eigenvalue weighted by Crippen LogP contribution is -1.81. The molecule has 2 N–H and O–H groups in total. The quantitative estimate of drug-likeness (QED) is 0.642. The Morgan fingerprint density at radius 3 is 1.58 bits per heavy atom. The van der Waals surface area contributed by atoms with Gasteiger partial charge in [-0.15, -0.1) is 0 Å². The minimum absolute atomic E-state index is 1.22. The molecule has 0 atom stereocenters. The molecule has 0 fully saturated rings. The first-order chi connectivity index (χ1) is 5.54. The zero-order valence-electron chi connectivity index (χ0n) is 7.84. The second-order valence-electron chi connectivity index (χ2n) is 2.53. The Hall–Kier alpha value is -0.990. The molecule has 0 aliphatic rings. The van der Waals surface area contributed by atoms with Crippen molar-refractivity contribution in [2.24, 2.45) is 0 Å². The number of carboxylic acid groups (broad SMARTS) is 2. The molecule has 3 heteroatoms. The second-order valence-corrected chi connectivity index (χ2v) is 2.53. The molecule has 0 aliphatic carbocycles. The van der Waals surface area contributed by atoms with Crippen LogP contribution in [0.25, 0.3) is 0 Å². The fraction of sp³-hybridized carbons (Fsp3) is 0.667. The van der Waals surface area contributed by atoms with E-state index in [2.05, 4.69) is 20.4 Å². The maximum atomic E-state index is 8.56. The van der Waals surface area contributed by atoms with Gasteiger partial charge < -0.3 is 10.2 Å². The van der Waals surface area contributed by atoms with Crippen molar-refractivity contribution in [3.8, 4) is 0 Å². The highest BCUT2D eigenvalue weighted by molar-refractivity contribution is 5.53. The van der Waals surface area contributed by atoms with Crippen molar-refractivity contribution in [1.82, 2.24) is 0 Å². The maximum Gasteiger partial charge on any atom is 0.503 e. The van der Waals surface area contributed by atoms with Gasteiger partial charge in [0, 0.05) is 0 Å². The fourth-order valence-corrected chi connectivity index (χ4v) is 0.832. The molecule has 0 radical (unpaired) electrons. The van der Waals surface area contributed by atoms with E-state index >= 15 is 0 Å². The summed E-state index contributed by atoms with van der Waals surface area (Å²) in [6.45, 7) is 8.32. The average Bonchev–Trinajstić information content (AvgIpc) is 1.87. The molecule has 0 bridgehead atoms. The van der Waals surface area contributed by atoms with Gasteiger partial charge >= 0.3 is 6.16 Å². The average molecular weight is 174 g/mol. The summed E-state index contributed by atoms with van der Waals surface area (Å²) >= 11 is 0. The van der Waals surface area contributed by atoms with Crippen LogP contribution in [0.2, 0.25) is 0 Å². The Labute approximate surface area is 73.7 Å². The third-order valence-electron chi connectivity index (χ3n) is 1.21. The maximum absolute atomic E-state index is 8.56. The van der Waals surface area contributed by atoms with Crippen molar-refractivity contribution in [1.29, 1.82) is 0 Å². The van der Waals surface area contributed by atoms with Crippen molar-refractivity contribution in [3.63, 3.8) is 0 Å². The van der Waals surface area contributed by atoms with Gasteiger partial charge in [0.25, 0.3) is 0 Å². The fourth-order valence-electron chi connectivity index (χ4n) is 0.832. The van der Waals surface area contributed by atoms with Crippen LogP contribution in [-0.4, -0.2) is 16.4 Å². The van der Waals surface area contributed by atoms with E-state index in [4.69, 9.17) is 15.0 Å². The van der Waals surface area contributed by atoms with Crippen LogP contribution in [0, 0.1) is 0 Å². The van der Waals surface area contributed by atoms with Gasteiger partial charge in [-0.3, -0.25) is 0 Å². The van der Waals surface area contributed by atoms with Crippen molar-refractivity contribution in [3.05, 3.63) is 12.2 Å². The lowest BCUT2D eigenvalue weighted by molar-refractivity contribution is 0.137. The number of carbonyl (C=O) groups is 1. The van der Waals surface area contributed by atoms with Gasteiger partial charge in [0.2, 0.25) is 0 Å². The largest absolute Gasteiger partial charge is 0.503 e. The van der Waals surface area contributed by atoms with Crippen LogP contribution in [0.4, 0.5) is 4.79 Å². The van der Waals surface area contributed by atoms with E-state index in [0.717, 1.165) is 0 Å². The third-order valence-corrected chi connectivity index (χ3v) is 1.21. The van der Waals surface area contributed by atoms with Crippen molar-refractivity contribution >= 4 is 6.16 Å². The van der Waals surface area contributed by atoms with Gasteiger partial charge in [-0.25, -0.2) is 4.79 Å². The van der Waals surface area contributed by atoms with Gasteiger partial charge in [0.1, 0.15) is 0 Å². The van der Waals surface area contributed by atoms with Crippen molar-refractivity contribution in [2.75, 3.05) is 0 Å². The van der Waals surface area contributed by atoms with Crippen LogP contribution in [-0.2, 0) is 0 Å². The molecule has 0 aromatic rings. The van der Waals surface area contributed by atoms with Gasteiger partial charge in [0.05, 0.1) is 0 Å². The summed E-state index contributed by atoms with van der Waals surface area (Å²) in [7, 11) is 0. The molecular formula is C9H18O3. The summed E-state index contributed by atoms with van der Waals surface area (Å²) in [5, 5.41) is 13.9.